The van der Waals surface area contributed by atoms with E-state index in [9.17, 15) is 14.0 Å². The SMILES string of the molecule is O=CNC(C(=O)O)=C(Br)c1cccc(F)c1. The Kier molecular flexibility index (Phi) is 4.19. The number of halogens is 2. The zero-order valence-corrected chi connectivity index (χ0v) is 9.49. The molecule has 0 aliphatic carbocycles. The standard InChI is InChI=1S/C10H7BrFNO3/c11-8(9(10(15)16)13-5-14)6-2-1-3-7(12)4-6/h1-5H,(H,13,14)(H,15,16). The van der Waals surface area contributed by atoms with E-state index in [4.69, 9.17) is 5.11 Å². The second-order valence-electron chi connectivity index (χ2n) is 2.77. The van der Waals surface area contributed by atoms with Gasteiger partial charge in [-0.1, -0.05) is 12.1 Å². The van der Waals surface area contributed by atoms with Gasteiger partial charge in [-0.3, -0.25) is 4.79 Å². The van der Waals surface area contributed by atoms with Crippen LogP contribution < -0.4 is 5.32 Å². The molecule has 0 heterocycles. The van der Waals surface area contributed by atoms with Gasteiger partial charge in [0.25, 0.3) is 0 Å². The Morgan fingerprint density at radius 2 is 2.19 bits per heavy atom. The first-order valence-electron chi connectivity index (χ1n) is 4.15. The highest BCUT2D eigenvalue weighted by Gasteiger charge is 2.13. The van der Waals surface area contributed by atoms with Gasteiger partial charge in [-0.2, -0.15) is 0 Å². The van der Waals surface area contributed by atoms with E-state index in [1.54, 1.807) is 0 Å². The van der Waals surface area contributed by atoms with Crippen LogP contribution in [0, 0.1) is 5.82 Å². The van der Waals surface area contributed by atoms with Crippen LogP contribution in [0.2, 0.25) is 0 Å². The lowest BCUT2D eigenvalue weighted by molar-refractivity contribution is -0.133. The third kappa shape index (κ3) is 2.90. The lowest BCUT2D eigenvalue weighted by Crippen LogP contribution is -2.19. The van der Waals surface area contributed by atoms with Crippen LogP contribution in [0.5, 0.6) is 0 Å². The third-order valence-corrected chi connectivity index (χ3v) is 2.57. The van der Waals surface area contributed by atoms with Gasteiger partial charge in [0, 0.05) is 0 Å². The maximum absolute atomic E-state index is 12.9. The number of hydrogen-bond acceptors (Lipinski definition) is 2. The minimum absolute atomic E-state index is 0.103. The molecule has 84 valence electrons. The summed E-state index contributed by atoms with van der Waals surface area (Å²) in [7, 11) is 0. The molecule has 0 atom stereocenters. The second-order valence-corrected chi connectivity index (χ2v) is 3.56. The van der Waals surface area contributed by atoms with Gasteiger partial charge >= 0.3 is 5.97 Å². The highest BCUT2D eigenvalue weighted by atomic mass is 79.9. The van der Waals surface area contributed by atoms with Gasteiger partial charge < -0.3 is 10.4 Å². The number of nitrogens with one attached hydrogen (secondary N) is 1. The Hall–Kier alpha value is -1.69. The first kappa shape index (κ1) is 12.4. The zero-order chi connectivity index (χ0) is 12.1. The fraction of sp³-hybridized carbons (Fsp3) is 0. The minimum atomic E-state index is -1.32. The van der Waals surface area contributed by atoms with Gasteiger partial charge in [0.2, 0.25) is 6.41 Å². The van der Waals surface area contributed by atoms with Gasteiger partial charge in [-0.15, -0.1) is 0 Å². The Morgan fingerprint density at radius 3 is 2.69 bits per heavy atom. The van der Waals surface area contributed by atoms with E-state index in [0.29, 0.717) is 5.56 Å². The summed E-state index contributed by atoms with van der Waals surface area (Å²) in [4.78, 5) is 21.0. The zero-order valence-electron chi connectivity index (χ0n) is 7.91. The number of carboxylic acids is 1. The molecule has 6 heteroatoms. The first-order valence-corrected chi connectivity index (χ1v) is 4.94. The Bertz CT molecular complexity index is 459. The number of rotatable bonds is 4. The lowest BCUT2D eigenvalue weighted by atomic mass is 10.2. The number of hydrogen-bond donors (Lipinski definition) is 2. The van der Waals surface area contributed by atoms with Crippen LogP contribution >= 0.6 is 15.9 Å². The second kappa shape index (κ2) is 5.41. The third-order valence-electron chi connectivity index (χ3n) is 1.71. The van der Waals surface area contributed by atoms with Crippen LogP contribution in [0.15, 0.2) is 30.0 Å². The molecule has 0 unspecified atom stereocenters. The van der Waals surface area contributed by atoms with Gasteiger partial charge in [-0.25, -0.2) is 9.18 Å². The van der Waals surface area contributed by atoms with Crippen molar-refractivity contribution in [2.45, 2.75) is 0 Å². The summed E-state index contributed by atoms with van der Waals surface area (Å²) in [5.74, 6) is -1.81. The fourth-order valence-electron chi connectivity index (χ4n) is 1.05. The van der Waals surface area contributed by atoms with Gasteiger partial charge in [-0.05, 0) is 33.6 Å². The number of aliphatic carboxylic acids is 1. The molecule has 0 aliphatic rings. The normalized spacial score (nSPS) is 11.6. The summed E-state index contributed by atoms with van der Waals surface area (Å²) >= 11 is 3.00. The molecular formula is C10H7BrFNO3. The molecule has 0 saturated carbocycles. The smallest absolute Gasteiger partial charge is 0.353 e. The summed E-state index contributed by atoms with van der Waals surface area (Å²) < 4.78 is 13.0. The molecule has 1 aromatic carbocycles. The highest BCUT2D eigenvalue weighted by molar-refractivity contribution is 9.15. The number of carboxylic acid groups (broad SMARTS) is 1. The molecule has 1 aromatic rings. The van der Waals surface area contributed by atoms with E-state index in [2.05, 4.69) is 15.9 Å². The maximum Gasteiger partial charge on any atom is 0.353 e. The topological polar surface area (TPSA) is 66.4 Å². The molecular weight excluding hydrogens is 281 g/mol. The molecule has 0 spiro atoms. The molecule has 1 rings (SSSR count). The molecule has 4 nitrogen and oxygen atoms in total. The average Bonchev–Trinajstić information content (AvgIpc) is 2.24. The molecule has 1 amide bonds. The van der Waals surface area contributed by atoms with Crippen molar-refractivity contribution < 1.29 is 19.1 Å². The number of carbonyl (C=O) groups excluding carboxylic acids is 1. The van der Waals surface area contributed by atoms with Crippen LogP contribution in [-0.4, -0.2) is 17.5 Å². The molecule has 2 N–H and O–H groups in total. The van der Waals surface area contributed by atoms with Crippen molar-refractivity contribution >= 4 is 32.8 Å². The average molecular weight is 288 g/mol. The maximum atomic E-state index is 12.9. The monoisotopic (exact) mass is 287 g/mol. The molecule has 0 aliphatic heterocycles. The van der Waals surface area contributed by atoms with Gasteiger partial charge in [0.15, 0.2) is 0 Å². The fourth-order valence-corrected chi connectivity index (χ4v) is 1.58. The first-order chi connectivity index (χ1) is 7.56. The van der Waals surface area contributed by atoms with Gasteiger partial charge in [0.05, 0.1) is 4.48 Å². The Balaban J connectivity index is 3.23. The van der Waals surface area contributed by atoms with E-state index in [1.165, 1.54) is 18.2 Å². The summed E-state index contributed by atoms with van der Waals surface area (Å²) in [5.41, 5.74) is -0.0210. The Labute approximate surface area is 98.9 Å². The van der Waals surface area contributed by atoms with Crippen LogP contribution in [0.3, 0.4) is 0 Å². The quantitative estimate of drug-likeness (QED) is 0.655. The lowest BCUT2D eigenvalue weighted by Gasteiger charge is -2.05. The van der Waals surface area contributed by atoms with Crippen LogP contribution in [0.25, 0.3) is 4.48 Å². The van der Waals surface area contributed by atoms with Crippen molar-refractivity contribution in [3.63, 3.8) is 0 Å². The summed E-state index contributed by atoms with van der Waals surface area (Å²) in [6, 6.07) is 5.34. The van der Waals surface area contributed by atoms with Crippen molar-refractivity contribution in [2.75, 3.05) is 0 Å². The van der Waals surface area contributed by atoms with E-state index >= 15 is 0 Å². The summed E-state index contributed by atoms with van der Waals surface area (Å²) in [6.45, 7) is 0. The van der Waals surface area contributed by atoms with Crippen LogP contribution in [-0.2, 0) is 9.59 Å². The van der Waals surface area contributed by atoms with Crippen molar-refractivity contribution in [2.24, 2.45) is 0 Å². The number of benzene rings is 1. The van der Waals surface area contributed by atoms with E-state index < -0.39 is 11.8 Å². The predicted molar refractivity (Wildman–Crippen MR) is 59.1 cm³/mol. The summed E-state index contributed by atoms with van der Waals surface area (Å²) in [5, 5.41) is 10.8. The molecule has 0 fully saturated rings. The van der Waals surface area contributed by atoms with E-state index in [-0.39, 0.29) is 16.6 Å². The molecule has 0 aromatic heterocycles. The summed E-state index contributed by atoms with van der Waals surface area (Å²) in [6.07, 6.45) is 0.240. The number of carbonyl (C=O) groups is 2. The molecule has 0 bridgehead atoms. The van der Waals surface area contributed by atoms with Crippen molar-refractivity contribution in [1.82, 2.24) is 5.32 Å². The van der Waals surface area contributed by atoms with E-state index in [1.807, 2.05) is 5.32 Å². The largest absolute Gasteiger partial charge is 0.477 e. The van der Waals surface area contributed by atoms with Gasteiger partial charge in [0.1, 0.15) is 11.5 Å². The minimum Gasteiger partial charge on any atom is -0.477 e. The van der Waals surface area contributed by atoms with E-state index in [0.717, 1.165) is 6.07 Å². The highest BCUT2D eigenvalue weighted by Crippen LogP contribution is 2.24. The molecule has 16 heavy (non-hydrogen) atoms. The Morgan fingerprint density at radius 1 is 1.50 bits per heavy atom. The number of amides is 1. The molecule has 0 radical (unpaired) electrons. The van der Waals surface area contributed by atoms with Crippen molar-refractivity contribution in [3.05, 3.63) is 41.3 Å². The predicted octanol–water partition coefficient (Wildman–Crippen LogP) is 1.72. The molecule has 0 saturated heterocycles. The van der Waals surface area contributed by atoms with Crippen molar-refractivity contribution in [3.8, 4) is 0 Å². The van der Waals surface area contributed by atoms with Crippen LogP contribution in [0.1, 0.15) is 5.56 Å². The van der Waals surface area contributed by atoms with Crippen LogP contribution in [0.4, 0.5) is 4.39 Å². The van der Waals surface area contributed by atoms with Crippen molar-refractivity contribution in [1.29, 1.82) is 0 Å².